The maximum atomic E-state index is 5.37. The molecule has 0 fully saturated rings. The van der Waals surface area contributed by atoms with Crippen LogP contribution >= 0.6 is 0 Å². The maximum Gasteiger partial charge on any atom is 0.0876 e. The lowest BCUT2D eigenvalue weighted by atomic mass is 10.0. The second kappa shape index (κ2) is 4.36. The monoisotopic (exact) mass is 156 g/mol. The van der Waals surface area contributed by atoms with Crippen LogP contribution in [0.5, 0.6) is 0 Å². The number of hydrazine groups is 1. The van der Waals surface area contributed by atoms with E-state index in [0.717, 1.165) is 25.9 Å². The Morgan fingerprint density at radius 2 is 2.64 bits per heavy atom. The Morgan fingerprint density at radius 1 is 1.82 bits per heavy atom. The second-order valence-corrected chi connectivity index (χ2v) is 2.79. The van der Waals surface area contributed by atoms with E-state index in [1.807, 2.05) is 6.26 Å². The van der Waals surface area contributed by atoms with Crippen LogP contribution in [0.4, 0.5) is 0 Å². The van der Waals surface area contributed by atoms with Gasteiger partial charge in [-0.2, -0.15) is 0 Å². The van der Waals surface area contributed by atoms with Crippen molar-refractivity contribution in [3.8, 4) is 0 Å². The van der Waals surface area contributed by atoms with Gasteiger partial charge in [0, 0.05) is 6.04 Å². The highest BCUT2D eigenvalue weighted by Crippen LogP contribution is 2.16. The Bertz CT molecular complexity index is 141. The molecule has 1 rings (SSSR count). The molecule has 3 N–H and O–H groups in total. The van der Waals surface area contributed by atoms with Crippen LogP contribution in [0, 0.1) is 0 Å². The number of nitrogens with two attached hydrogens (primary N) is 1. The van der Waals surface area contributed by atoms with Gasteiger partial charge in [-0.15, -0.1) is 0 Å². The number of rotatable bonds is 3. The summed E-state index contributed by atoms with van der Waals surface area (Å²) < 4.78 is 5.21. The summed E-state index contributed by atoms with van der Waals surface area (Å²) in [4.78, 5) is 0. The standard InChI is InChI=1S/C8H16N2O/c1-2-8(10-9)7-4-3-5-11-6-7/h6,8,10H,2-5,9H2,1H3. The molecule has 64 valence electrons. The predicted octanol–water partition coefficient (Wildman–Crippen LogP) is 0.923. The number of nitrogens with one attached hydrogen (secondary N) is 1. The van der Waals surface area contributed by atoms with Crippen molar-refractivity contribution in [2.24, 2.45) is 5.84 Å². The molecule has 3 heteroatoms. The quantitative estimate of drug-likeness (QED) is 0.472. The van der Waals surface area contributed by atoms with E-state index in [1.54, 1.807) is 0 Å². The zero-order chi connectivity index (χ0) is 8.10. The third-order valence-electron chi connectivity index (χ3n) is 2.02. The molecule has 1 aliphatic rings. The highest BCUT2D eigenvalue weighted by Gasteiger charge is 2.12. The summed E-state index contributed by atoms with van der Waals surface area (Å²) in [6.45, 7) is 2.96. The Morgan fingerprint density at radius 3 is 3.09 bits per heavy atom. The summed E-state index contributed by atoms with van der Waals surface area (Å²) >= 11 is 0. The summed E-state index contributed by atoms with van der Waals surface area (Å²) in [7, 11) is 0. The molecular formula is C8H16N2O. The zero-order valence-electron chi connectivity index (χ0n) is 6.97. The molecule has 1 heterocycles. The fourth-order valence-electron chi connectivity index (χ4n) is 1.33. The van der Waals surface area contributed by atoms with Crippen LogP contribution in [0.25, 0.3) is 0 Å². The summed E-state index contributed by atoms with van der Waals surface area (Å²) in [6.07, 6.45) is 5.09. The first-order valence-corrected chi connectivity index (χ1v) is 4.15. The second-order valence-electron chi connectivity index (χ2n) is 2.79. The van der Waals surface area contributed by atoms with Gasteiger partial charge in [-0.3, -0.25) is 11.3 Å². The van der Waals surface area contributed by atoms with Crippen molar-refractivity contribution < 1.29 is 4.74 Å². The summed E-state index contributed by atoms with van der Waals surface area (Å²) in [5.74, 6) is 5.37. The van der Waals surface area contributed by atoms with Crippen LogP contribution in [0.1, 0.15) is 26.2 Å². The minimum Gasteiger partial charge on any atom is -0.501 e. The van der Waals surface area contributed by atoms with E-state index in [2.05, 4.69) is 12.3 Å². The smallest absolute Gasteiger partial charge is 0.0876 e. The first-order chi connectivity index (χ1) is 5.38. The van der Waals surface area contributed by atoms with Gasteiger partial charge in [0.05, 0.1) is 12.9 Å². The summed E-state index contributed by atoms with van der Waals surface area (Å²) in [5.41, 5.74) is 4.07. The first-order valence-electron chi connectivity index (χ1n) is 4.15. The summed E-state index contributed by atoms with van der Waals surface area (Å²) in [5, 5.41) is 0. The van der Waals surface area contributed by atoms with E-state index in [-0.39, 0.29) is 0 Å². The minimum atomic E-state index is 0.301. The van der Waals surface area contributed by atoms with Crippen molar-refractivity contribution in [1.29, 1.82) is 0 Å². The zero-order valence-corrected chi connectivity index (χ0v) is 6.97. The van der Waals surface area contributed by atoms with Gasteiger partial charge in [-0.1, -0.05) is 6.92 Å². The lowest BCUT2D eigenvalue weighted by Crippen LogP contribution is -2.36. The molecule has 0 aromatic heterocycles. The Hall–Kier alpha value is -0.540. The van der Waals surface area contributed by atoms with Gasteiger partial charge in [0.1, 0.15) is 0 Å². The average Bonchev–Trinajstić information content (AvgIpc) is 2.09. The molecule has 3 nitrogen and oxygen atoms in total. The molecule has 0 aromatic rings. The molecule has 1 aliphatic heterocycles. The topological polar surface area (TPSA) is 47.3 Å². The number of ether oxygens (including phenoxy) is 1. The van der Waals surface area contributed by atoms with Crippen LogP contribution in [-0.2, 0) is 4.74 Å². The van der Waals surface area contributed by atoms with Crippen molar-refractivity contribution in [2.45, 2.75) is 32.2 Å². The lowest BCUT2D eigenvalue weighted by molar-refractivity contribution is 0.219. The molecule has 0 aromatic carbocycles. The van der Waals surface area contributed by atoms with Crippen LogP contribution < -0.4 is 11.3 Å². The van der Waals surface area contributed by atoms with E-state index in [0.29, 0.717) is 6.04 Å². The van der Waals surface area contributed by atoms with Crippen LogP contribution in [0.3, 0.4) is 0 Å². The molecular weight excluding hydrogens is 140 g/mol. The molecule has 0 saturated heterocycles. The lowest BCUT2D eigenvalue weighted by Gasteiger charge is -2.20. The molecule has 0 aliphatic carbocycles. The van der Waals surface area contributed by atoms with E-state index < -0.39 is 0 Å². The highest BCUT2D eigenvalue weighted by molar-refractivity contribution is 5.08. The van der Waals surface area contributed by atoms with Crippen molar-refractivity contribution in [3.05, 3.63) is 11.8 Å². The van der Waals surface area contributed by atoms with Crippen molar-refractivity contribution >= 4 is 0 Å². The largest absolute Gasteiger partial charge is 0.501 e. The molecule has 0 amide bonds. The minimum absolute atomic E-state index is 0.301. The third-order valence-corrected chi connectivity index (χ3v) is 2.02. The predicted molar refractivity (Wildman–Crippen MR) is 44.7 cm³/mol. The van der Waals surface area contributed by atoms with Gasteiger partial charge < -0.3 is 4.74 Å². The van der Waals surface area contributed by atoms with Crippen LogP contribution in [-0.4, -0.2) is 12.6 Å². The maximum absolute atomic E-state index is 5.37. The van der Waals surface area contributed by atoms with Gasteiger partial charge in [-0.25, -0.2) is 0 Å². The fraction of sp³-hybridized carbons (Fsp3) is 0.750. The van der Waals surface area contributed by atoms with Crippen molar-refractivity contribution in [3.63, 3.8) is 0 Å². The first kappa shape index (κ1) is 8.56. The molecule has 0 spiro atoms. The molecule has 1 unspecified atom stereocenters. The molecule has 0 radical (unpaired) electrons. The van der Waals surface area contributed by atoms with Gasteiger partial charge in [0.15, 0.2) is 0 Å². The fourth-order valence-corrected chi connectivity index (χ4v) is 1.33. The van der Waals surface area contributed by atoms with E-state index in [4.69, 9.17) is 10.6 Å². The Labute approximate surface area is 67.6 Å². The summed E-state index contributed by atoms with van der Waals surface area (Å²) in [6, 6.07) is 0.301. The number of hydrogen-bond donors (Lipinski definition) is 2. The average molecular weight is 156 g/mol. The van der Waals surface area contributed by atoms with E-state index in [9.17, 15) is 0 Å². The van der Waals surface area contributed by atoms with Crippen LogP contribution in [0.2, 0.25) is 0 Å². The molecule has 0 saturated carbocycles. The van der Waals surface area contributed by atoms with Gasteiger partial charge in [0.2, 0.25) is 0 Å². The van der Waals surface area contributed by atoms with Crippen LogP contribution in [0.15, 0.2) is 11.8 Å². The molecule has 1 atom stereocenters. The van der Waals surface area contributed by atoms with E-state index in [1.165, 1.54) is 5.57 Å². The normalized spacial score (nSPS) is 20.4. The van der Waals surface area contributed by atoms with E-state index >= 15 is 0 Å². The van der Waals surface area contributed by atoms with Crippen molar-refractivity contribution in [2.75, 3.05) is 6.61 Å². The number of hydrogen-bond acceptors (Lipinski definition) is 3. The van der Waals surface area contributed by atoms with Gasteiger partial charge in [-0.05, 0) is 24.8 Å². The Balaban J connectivity index is 2.48. The molecule has 11 heavy (non-hydrogen) atoms. The van der Waals surface area contributed by atoms with Gasteiger partial charge in [0.25, 0.3) is 0 Å². The SMILES string of the molecule is CCC(NN)C1=COCCC1. The third kappa shape index (κ3) is 2.20. The molecule has 0 bridgehead atoms. The Kier molecular flexibility index (Phi) is 3.39. The van der Waals surface area contributed by atoms with Crippen molar-refractivity contribution in [1.82, 2.24) is 5.43 Å². The van der Waals surface area contributed by atoms with Gasteiger partial charge >= 0.3 is 0 Å². The highest BCUT2D eigenvalue weighted by atomic mass is 16.5.